The Morgan fingerprint density at radius 1 is 0.733 bits per heavy atom. The number of aromatic nitrogens is 2. The number of hydrogen-bond acceptors (Lipinski definition) is 4. The van der Waals surface area contributed by atoms with Crippen LogP contribution < -0.4 is 5.32 Å². The molecule has 4 aromatic carbocycles. The van der Waals surface area contributed by atoms with Crippen LogP contribution in [0.1, 0.15) is 22.3 Å². The van der Waals surface area contributed by atoms with Gasteiger partial charge in [0, 0.05) is 64.3 Å². The zero-order valence-electron chi connectivity index (χ0n) is 23.7. The van der Waals surface area contributed by atoms with Gasteiger partial charge in [0.25, 0.3) is 0 Å². The first-order valence-electron chi connectivity index (χ1n) is 14.0. The number of benzene rings is 4. The van der Waals surface area contributed by atoms with Crippen molar-refractivity contribution < 1.29 is 18.0 Å². The summed E-state index contributed by atoms with van der Waals surface area (Å²) in [5.74, 6) is -0.349. The summed E-state index contributed by atoms with van der Waals surface area (Å²) in [4.78, 5) is 25.7. The van der Waals surface area contributed by atoms with Gasteiger partial charge in [-0.25, -0.2) is 0 Å². The van der Waals surface area contributed by atoms with E-state index in [2.05, 4.69) is 20.3 Å². The zero-order chi connectivity index (χ0) is 31.2. The molecular formula is C37H25F3N4O. The molecule has 2 aromatic heterocycles. The fourth-order valence-corrected chi connectivity index (χ4v) is 4.95. The van der Waals surface area contributed by atoms with E-state index in [1.165, 1.54) is 18.2 Å². The van der Waals surface area contributed by atoms with Gasteiger partial charge in [-0.15, -0.1) is 0 Å². The predicted octanol–water partition coefficient (Wildman–Crippen LogP) is 9.18. The highest BCUT2D eigenvalue weighted by Gasteiger charge is 2.30. The summed E-state index contributed by atoms with van der Waals surface area (Å²) in [7, 11) is 0. The van der Waals surface area contributed by atoms with Gasteiger partial charge in [-0.2, -0.15) is 13.2 Å². The number of carbonyl (C=O) groups is 1. The van der Waals surface area contributed by atoms with E-state index >= 15 is 0 Å². The number of nitrogens with one attached hydrogen (secondary N) is 1. The SMILES string of the molecule is O=C(/C=C/C=C(/c1ccc(/C=N/c2cccc3cnccc23)cc1)c1ccc(C(F)(F)F)cc1)Nc1cccc2cnccc12. The molecule has 0 fully saturated rings. The van der Waals surface area contributed by atoms with Crippen molar-refractivity contribution >= 4 is 50.6 Å². The van der Waals surface area contributed by atoms with Gasteiger partial charge in [-0.3, -0.25) is 19.8 Å². The third-order valence-electron chi connectivity index (χ3n) is 7.20. The van der Waals surface area contributed by atoms with Gasteiger partial charge >= 0.3 is 6.18 Å². The molecule has 6 rings (SSSR count). The highest BCUT2D eigenvalue weighted by atomic mass is 19.4. The highest BCUT2D eigenvalue weighted by Crippen LogP contribution is 2.32. The Labute approximate surface area is 257 Å². The number of hydrogen-bond donors (Lipinski definition) is 1. The molecule has 0 saturated heterocycles. The molecule has 0 aliphatic rings. The van der Waals surface area contributed by atoms with Crippen molar-refractivity contribution in [1.29, 1.82) is 0 Å². The van der Waals surface area contributed by atoms with E-state index in [9.17, 15) is 18.0 Å². The van der Waals surface area contributed by atoms with Gasteiger partial charge < -0.3 is 5.32 Å². The lowest BCUT2D eigenvalue weighted by atomic mass is 9.95. The lowest BCUT2D eigenvalue weighted by Gasteiger charge is -2.11. The summed E-state index contributed by atoms with van der Waals surface area (Å²) < 4.78 is 39.7. The number of carbonyl (C=O) groups excluding carboxylic acids is 1. The van der Waals surface area contributed by atoms with E-state index in [-0.39, 0.29) is 5.91 Å². The number of nitrogens with zero attached hydrogens (tertiary/aromatic N) is 3. The van der Waals surface area contributed by atoms with E-state index in [0.29, 0.717) is 16.8 Å². The van der Waals surface area contributed by atoms with Crippen molar-refractivity contribution in [1.82, 2.24) is 9.97 Å². The van der Waals surface area contributed by atoms with Gasteiger partial charge in [-0.1, -0.05) is 72.8 Å². The van der Waals surface area contributed by atoms with Crippen LogP contribution in [-0.2, 0) is 11.0 Å². The number of anilines is 1. The van der Waals surface area contributed by atoms with Crippen molar-refractivity contribution in [2.24, 2.45) is 4.99 Å². The Morgan fingerprint density at radius 2 is 1.36 bits per heavy atom. The standard InChI is InChI=1S/C37H25F3N4O/c38-37(39,40)30-16-14-27(15-17-30)31(6-3-9-36(45)44-35-8-2-5-29-24-42-21-19-33(29)35)26-12-10-25(11-13-26)22-43-34-7-1-4-28-23-41-20-18-32(28)34/h1-24H,(H,44,45)/b9-3+,31-6-,43-22+. The van der Waals surface area contributed by atoms with E-state index in [1.54, 1.807) is 49.2 Å². The molecule has 6 aromatic rings. The van der Waals surface area contributed by atoms with Crippen LogP contribution in [0, 0.1) is 0 Å². The minimum absolute atomic E-state index is 0.349. The number of alkyl halides is 3. The lowest BCUT2D eigenvalue weighted by Crippen LogP contribution is -2.08. The minimum atomic E-state index is -4.44. The molecule has 0 unspecified atom stereocenters. The fourth-order valence-electron chi connectivity index (χ4n) is 4.95. The van der Waals surface area contributed by atoms with Crippen LogP contribution in [-0.4, -0.2) is 22.1 Å². The third kappa shape index (κ3) is 6.86. The maximum absolute atomic E-state index is 13.2. The van der Waals surface area contributed by atoms with Crippen LogP contribution in [0.2, 0.25) is 0 Å². The zero-order valence-corrected chi connectivity index (χ0v) is 23.7. The summed E-state index contributed by atoms with van der Waals surface area (Å²) in [6, 6.07) is 27.6. The molecule has 1 N–H and O–H groups in total. The van der Waals surface area contributed by atoms with E-state index in [1.807, 2.05) is 66.7 Å². The normalized spacial score (nSPS) is 12.4. The second-order valence-corrected chi connectivity index (χ2v) is 10.2. The molecule has 0 saturated carbocycles. The average molecular weight is 599 g/mol. The number of allylic oxidation sites excluding steroid dienone is 2. The first kappa shape index (κ1) is 29.2. The van der Waals surface area contributed by atoms with Gasteiger partial charge in [-0.05, 0) is 58.7 Å². The molecule has 0 spiro atoms. The smallest absolute Gasteiger partial charge is 0.322 e. The van der Waals surface area contributed by atoms with Crippen molar-refractivity contribution in [3.05, 3.63) is 162 Å². The summed E-state index contributed by atoms with van der Waals surface area (Å²) in [5.41, 5.74) is 3.55. The van der Waals surface area contributed by atoms with Crippen LogP contribution in [0.25, 0.3) is 27.1 Å². The topological polar surface area (TPSA) is 67.2 Å². The quantitative estimate of drug-likeness (QED) is 0.113. The van der Waals surface area contributed by atoms with Gasteiger partial charge in [0.2, 0.25) is 5.91 Å². The van der Waals surface area contributed by atoms with Crippen LogP contribution in [0.15, 0.2) is 145 Å². The Kier molecular flexibility index (Phi) is 8.28. The largest absolute Gasteiger partial charge is 0.416 e. The van der Waals surface area contributed by atoms with Gasteiger partial charge in [0.1, 0.15) is 0 Å². The van der Waals surface area contributed by atoms with Crippen molar-refractivity contribution in [2.45, 2.75) is 6.18 Å². The Morgan fingerprint density at radius 3 is 2.04 bits per heavy atom. The molecule has 5 nitrogen and oxygen atoms in total. The number of halogens is 3. The second kappa shape index (κ2) is 12.8. The highest BCUT2D eigenvalue weighted by molar-refractivity contribution is 6.06. The predicted molar refractivity (Wildman–Crippen MR) is 173 cm³/mol. The Balaban J connectivity index is 1.27. The van der Waals surface area contributed by atoms with Crippen LogP contribution in [0.4, 0.5) is 24.5 Å². The number of aliphatic imine (C=N–C) groups is 1. The third-order valence-corrected chi connectivity index (χ3v) is 7.20. The van der Waals surface area contributed by atoms with E-state index < -0.39 is 11.7 Å². The minimum Gasteiger partial charge on any atom is -0.322 e. The molecular weight excluding hydrogens is 573 g/mol. The summed E-state index contributed by atoms with van der Waals surface area (Å²) in [5, 5.41) is 6.61. The molecule has 1 amide bonds. The van der Waals surface area contributed by atoms with Crippen LogP contribution in [0.5, 0.6) is 0 Å². The molecule has 0 aliphatic heterocycles. The van der Waals surface area contributed by atoms with Crippen molar-refractivity contribution in [3.63, 3.8) is 0 Å². The molecule has 45 heavy (non-hydrogen) atoms. The number of fused-ring (bicyclic) bond motifs is 2. The Bertz CT molecular complexity index is 2070. The van der Waals surface area contributed by atoms with Crippen LogP contribution >= 0.6 is 0 Å². The monoisotopic (exact) mass is 598 g/mol. The maximum Gasteiger partial charge on any atom is 0.416 e. The van der Waals surface area contributed by atoms with E-state index in [0.717, 1.165) is 50.5 Å². The first-order chi connectivity index (χ1) is 21.8. The first-order valence-corrected chi connectivity index (χ1v) is 14.0. The fraction of sp³-hybridized carbons (Fsp3) is 0.0270. The summed E-state index contributed by atoms with van der Waals surface area (Å²) >= 11 is 0. The van der Waals surface area contributed by atoms with Gasteiger partial charge in [0.15, 0.2) is 0 Å². The Hall–Kier alpha value is -5.89. The lowest BCUT2D eigenvalue weighted by molar-refractivity contribution is -0.137. The molecule has 0 radical (unpaired) electrons. The average Bonchev–Trinajstić information content (AvgIpc) is 3.06. The second-order valence-electron chi connectivity index (χ2n) is 10.2. The van der Waals surface area contributed by atoms with E-state index in [4.69, 9.17) is 0 Å². The van der Waals surface area contributed by atoms with Gasteiger partial charge in [0.05, 0.1) is 11.3 Å². The number of amides is 1. The summed E-state index contributed by atoms with van der Waals surface area (Å²) in [6.45, 7) is 0. The molecule has 0 aliphatic carbocycles. The number of pyridine rings is 2. The molecule has 0 atom stereocenters. The summed E-state index contributed by atoms with van der Waals surface area (Å²) in [6.07, 6.45) is 8.88. The number of rotatable bonds is 7. The molecule has 0 bridgehead atoms. The maximum atomic E-state index is 13.2. The molecule has 220 valence electrons. The molecule has 2 heterocycles. The van der Waals surface area contributed by atoms with Crippen LogP contribution in [0.3, 0.4) is 0 Å². The van der Waals surface area contributed by atoms with Crippen molar-refractivity contribution in [2.75, 3.05) is 5.32 Å². The van der Waals surface area contributed by atoms with Crippen molar-refractivity contribution in [3.8, 4) is 0 Å². The molecule has 8 heteroatoms.